The molecule has 1 aromatic rings. The average Bonchev–Trinajstić information content (AvgIpc) is 2.40. The molecule has 0 fully saturated rings. The maximum atomic E-state index is 11.8. The summed E-state index contributed by atoms with van der Waals surface area (Å²) in [5.74, 6) is 0.461. The molecule has 0 spiro atoms. The van der Waals surface area contributed by atoms with Gasteiger partial charge in [-0.2, -0.15) is 0 Å². The zero-order valence-corrected chi connectivity index (χ0v) is 11.9. The van der Waals surface area contributed by atoms with Crippen LogP contribution in [0.2, 0.25) is 0 Å². The molecule has 0 radical (unpaired) electrons. The van der Waals surface area contributed by atoms with E-state index in [1.807, 2.05) is 13.0 Å². The molecule has 19 heavy (non-hydrogen) atoms. The van der Waals surface area contributed by atoms with Crippen LogP contribution < -0.4 is 15.8 Å². The second-order valence-corrected chi connectivity index (χ2v) is 4.51. The molecule has 1 atom stereocenters. The lowest BCUT2D eigenvalue weighted by molar-refractivity contribution is -0.127. The fourth-order valence-corrected chi connectivity index (χ4v) is 1.63. The van der Waals surface area contributed by atoms with E-state index in [1.54, 1.807) is 13.0 Å². The van der Waals surface area contributed by atoms with Crippen molar-refractivity contribution < 1.29 is 9.53 Å². The van der Waals surface area contributed by atoms with Crippen LogP contribution in [0.3, 0.4) is 0 Å². The number of carbonyl (C=O) groups excluding carboxylic acids is 1. The number of ether oxygens (including phenoxy) is 1. The fourth-order valence-electron chi connectivity index (χ4n) is 1.63. The van der Waals surface area contributed by atoms with Gasteiger partial charge in [0.2, 0.25) is 0 Å². The van der Waals surface area contributed by atoms with Gasteiger partial charge >= 0.3 is 0 Å². The lowest BCUT2D eigenvalue weighted by Crippen LogP contribution is -2.37. The van der Waals surface area contributed by atoms with Crippen molar-refractivity contribution in [3.63, 3.8) is 0 Å². The molecule has 0 aliphatic rings. The maximum Gasteiger partial charge on any atom is 0.260 e. The Kier molecular flexibility index (Phi) is 6.29. The van der Waals surface area contributed by atoms with E-state index in [0.29, 0.717) is 24.5 Å². The van der Waals surface area contributed by atoms with Crippen LogP contribution in [0.5, 0.6) is 5.75 Å². The fraction of sp³-hybridized carbons (Fsp3) is 0.571. The topological polar surface area (TPSA) is 77.2 Å². The number of aromatic nitrogens is 1. The minimum atomic E-state index is -0.549. The Balaban J connectivity index is 2.60. The third kappa shape index (κ3) is 4.87. The van der Waals surface area contributed by atoms with Crippen molar-refractivity contribution in [2.24, 2.45) is 5.73 Å². The van der Waals surface area contributed by atoms with E-state index in [9.17, 15) is 4.79 Å². The summed E-state index contributed by atoms with van der Waals surface area (Å²) in [4.78, 5) is 16.1. The van der Waals surface area contributed by atoms with Crippen LogP contribution in [0.1, 0.15) is 38.1 Å². The molecule has 106 valence electrons. The summed E-state index contributed by atoms with van der Waals surface area (Å²) < 4.78 is 5.63. The first-order valence-corrected chi connectivity index (χ1v) is 6.69. The Bertz CT molecular complexity index is 421. The standard InChI is InChI=1S/C14H23N3O2/c1-4-5-8-16-14(18)11(3)19-13-7-6-10(2)17-12(13)9-15/h6-7,11H,4-5,8-9,15H2,1-3H3,(H,16,18). The normalized spacial score (nSPS) is 12.0. The summed E-state index contributed by atoms with van der Waals surface area (Å²) in [6, 6.07) is 3.65. The van der Waals surface area contributed by atoms with Crippen molar-refractivity contribution in [1.29, 1.82) is 0 Å². The number of nitrogens with zero attached hydrogens (tertiary/aromatic N) is 1. The number of rotatable bonds is 7. The van der Waals surface area contributed by atoms with Crippen LogP contribution in [0.15, 0.2) is 12.1 Å². The highest BCUT2D eigenvalue weighted by Gasteiger charge is 2.16. The van der Waals surface area contributed by atoms with E-state index >= 15 is 0 Å². The smallest absolute Gasteiger partial charge is 0.260 e. The van der Waals surface area contributed by atoms with Crippen LogP contribution in [0.4, 0.5) is 0 Å². The van der Waals surface area contributed by atoms with Gasteiger partial charge in [0, 0.05) is 18.8 Å². The first kappa shape index (κ1) is 15.4. The number of nitrogens with two attached hydrogens (primary N) is 1. The van der Waals surface area contributed by atoms with Gasteiger partial charge in [-0.15, -0.1) is 0 Å². The van der Waals surface area contributed by atoms with Crippen molar-refractivity contribution in [3.8, 4) is 5.75 Å². The Morgan fingerprint density at radius 3 is 2.89 bits per heavy atom. The van der Waals surface area contributed by atoms with Gasteiger partial charge in [-0.1, -0.05) is 13.3 Å². The summed E-state index contributed by atoms with van der Waals surface area (Å²) in [5, 5.41) is 2.84. The van der Waals surface area contributed by atoms with E-state index in [4.69, 9.17) is 10.5 Å². The summed E-state index contributed by atoms with van der Waals surface area (Å²) in [5.41, 5.74) is 7.18. The van der Waals surface area contributed by atoms with Crippen LogP contribution in [-0.2, 0) is 11.3 Å². The summed E-state index contributed by atoms with van der Waals surface area (Å²) in [6.45, 7) is 6.67. The molecule has 1 rings (SSSR count). The number of pyridine rings is 1. The number of aryl methyl sites for hydroxylation is 1. The van der Waals surface area contributed by atoms with Crippen LogP contribution in [0, 0.1) is 6.92 Å². The molecule has 5 nitrogen and oxygen atoms in total. The monoisotopic (exact) mass is 265 g/mol. The largest absolute Gasteiger partial charge is 0.479 e. The zero-order chi connectivity index (χ0) is 14.3. The van der Waals surface area contributed by atoms with Crippen LogP contribution in [0.25, 0.3) is 0 Å². The minimum absolute atomic E-state index is 0.114. The third-order valence-electron chi connectivity index (χ3n) is 2.77. The quantitative estimate of drug-likeness (QED) is 0.733. The van der Waals surface area contributed by atoms with E-state index in [2.05, 4.69) is 17.2 Å². The molecule has 1 heterocycles. The van der Waals surface area contributed by atoms with Gasteiger partial charge in [0.05, 0.1) is 5.69 Å². The van der Waals surface area contributed by atoms with Gasteiger partial charge in [-0.3, -0.25) is 9.78 Å². The van der Waals surface area contributed by atoms with Crippen LogP contribution >= 0.6 is 0 Å². The Labute approximate surface area is 114 Å². The molecule has 3 N–H and O–H groups in total. The first-order valence-electron chi connectivity index (χ1n) is 6.69. The second-order valence-electron chi connectivity index (χ2n) is 4.51. The molecule has 1 unspecified atom stereocenters. The van der Waals surface area contributed by atoms with Gasteiger partial charge < -0.3 is 15.8 Å². The number of hydrogen-bond donors (Lipinski definition) is 2. The summed E-state index contributed by atoms with van der Waals surface area (Å²) >= 11 is 0. The van der Waals surface area contributed by atoms with E-state index < -0.39 is 6.10 Å². The molecule has 0 aliphatic heterocycles. The van der Waals surface area contributed by atoms with Crippen LogP contribution in [-0.4, -0.2) is 23.5 Å². The summed E-state index contributed by atoms with van der Waals surface area (Å²) in [7, 11) is 0. The number of unbranched alkanes of at least 4 members (excludes halogenated alkanes) is 1. The van der Waals surface area contributed by atoms with E-state index in [-0.39, 0.29) is 5.91 Å². The number of hydrogen-bond acceptors (Lipinski definition) is 4. The number of nitrogens with one attached hydrogen (secondary N) is 1. The van der Waals surface area contributed by atoms with Crippen molar-refractivity contribution in [2.75, 3.05) is 6.54 Å². The SMILES string of the molecule is CCCCNC(=O)C(C)Oc1ccc(C)nc1CN. The molecular formula is C14H23N3O2. The number of carbonyl (C=O) groups is 1. The third-order valence-corrected chi connectivity index (χ3v) is 2.77. The molecule has 0 bridgehead atoms. The van der Waals surface area contributed by atoms with Gasteiger partial charge in [0.25, 0.3) is 5.91 Å². The molecule has 1 aromatic heterocycles. The molecule has 1 amide bonds. The second kappa shape index (κ2) is 7.74. The van der Waals surface area contributed by atoms with Gasteiger partial charge in [0.15, 0.2) is 6.10 Å². The minimum Gasteiger partial charge on any atom is -0.479 e. The average molecular weight is 265 g/mol. The zero-order valence-electron chi connectivity index (χ0n) is 11.9. The Morgan fingerprint density at radius 2 is 2.26 bits per heavy atom. The van der Waals surface area contributed by atoms with Crippen molar-refractivity contribution in [2.45, 2.75) is 46.3 Å². The highest BCUT2D eigenvalue weighted by molar-refractivity contribution is 5.80. The van der Waals surface area contributed by atoms with Gasteiger partial charge in [0.1, 0.15) is 5.75 Å². The maximum absolute atomic E-state index is 11.8. The molecule has 0 aliphatic carbocycles. The van der Waals surface area contributed by atoms with Crippen molar-refractivity contribution in [3.05, 3.63) is 23.5 Å². The highest BCUT2D eigenvalue weighted by atomic mass is 16.5. The predicted molar refractivity (Wildman–Crippen MR) is 74.9 cm³/mol. The molecular weight excluding hydrogens is 242 g/mol. The Morgan fingerprint density at radius 1 is 1.53 bits per heavy atom. The molecule has 0 saturated heterocycles. The molecule has 0 aromatic carbocycles. The van der Waals surface area contributed by atoms with Crippen molar-refractivity contribution >= 4 is 5.91 Å². The van der Waals surface area contributed by atoms with Crippen molar-refractivity contribution in [1.82, 2.24) is 10.3 Å². The highest BCUT2D eigenvalue weighted by Crippen LogP contribution is 2.17. The molecule has 0 saturated carbocycles. The van der Waals surface area contributed by atoms with Gasteiger partial charge in [-0.05, 0) is 32.4 Å². The lowest BCUT2D eigenvalue weighted by atomic mass is 10.2. The lowest BCUT2D eigenvalue weighted by Gasteiger charge is -2.16. The predicted octanol–water partition coefficient (Wildman–Crippen LogP) is 1.53. The molecule has 5 heteroatoms. The van der Waals surface area contributed by atoms with E-state index in [0.717, 1.165) is 18.5 Å². The number of amides is 1. The first-order chi connectivity index (χ1) is 9.08. The summed E-state index contributed by atoms with van der Waals surface area (Å²) in [6.07, 6.45) is 1.47. The van der Waals surface area contributed by atoms with Gasteiger partial charge in [-0.25, -0.2) is 0 Å². The Hall–Kier alpha value is -1.62. The van der Waals surface area contributed by atoms with E-state index in [1.165, 1.54) is 0 Å².